The van der Waals surface area contributed by atoms with Crippen molar-refractivity contribution in [3.8, 4) is 0 Å². The Morgan fingerprint density at radius 2 is 1.89 bits per heavy atom. The standard InChI is InChI=1S/C20H19Cl3N2O2S/c21-12-6-7-16(14(22)10-12)25-17(18-8-9-19(23)28-18)11-15(24-25)20(26)27-13-4-2-1-3-5-13/h6-10,13,17H,1-5,11H2. The summed E-state index contributed by atoms with van der Waals surface area (Å²) in [4.78, 5) is 13.8. The highest BCUT2D eigenvalue weighted by Crippen LogP contribution is 2.42. The minimum absolute atomic E-state index is 0.00764. The topological polar surface area (TPSA) is 41.9 Å². The Kier molecular flexibility index (Phi) is 6.16. The van der Waals surface area contributed by atoms with E-state index in [1.807, 2.05) is 18.2 Å². The quantitative estimate of drug-likeness (QED) is 0.469. The molecule has 1 aliphatic carbocycles. The maximum absolute atomic E-state index is 12.8. The maximum Gasteiger partial charge on any atom is 0.354 e. The molecular weight excluding hydrogens is 439 g/mol. The van der Waals surface area contributed by atoms with Crippen LogP contribution in [-0.2, 0) is 9.53 Å². The monoisotopic (exact) mass is 456 g/mol. The summed E-state index contributed by atoms with van der Waals surface area (Å²) >= 11 is 20.1. The fraction of sp³-hybridized carbons (Fsp3) is 0.400. The van der Waals surface area contributed by atoms with Crippen molar-refractivity contribution in [3.05, 3.63) is 49.6 Å². The van der Waals surface area contributed by atoms with Crippen molar-refractivity contribution in [1.29, 1.82) is 0 Å². The van der Waals surface area contributed by atoms with E-state index in [-0.39, 0.29) is 18.1 Å². The first kappa shape index (κ1) is 20.0. The van der Waals surface area contributed by atoms with Crippen LogP contribution in [-0.4, -0.2) is 17.8 Å². The van der Waals surface area contributed by atoms with E-state index in [4.69, 9.17) is 39.5 Å². The highest BCUT2D eigenvalue weighted by Gasteiger charge is 2.36. The summed E-state index contributed by atoms with van der Waals surface area (Å²) in [5, 5.41) is 7.39. The van der Waals surface area contributed by atoms with Gasteiger partial charge in [-0.25, -0.2) is 4.79 Å². The van der Waals surface area contributed by atoms with Crippen LogP contribution in [0.25, 0.3) is 0 Å². The van der Waals surface area contributed by atoms with Gasteiger partial charge in [0.1, 0.15) is 11.8 Å². The highest BCUT2D eigenvalue weighted by atomic mass is 35.5. The van der Waals surface area contributed by atoms with E-state index >= 15 is 0 Å². The van der Waals surface area contributed by atoms with E-state index in [1.54, 1.807) is 17.1 Å². The van der Waals surface area contributed by atoms with Crippen molar-refractivity contribution in [2.45, 2.75) is 50.7 Å². The molecule has 0 spiro atoms. The van der Waals surface area contributed by atoms with Gasteiger partial charge < -0.3 is 4.74 Å². The van der Waals surface area contributed by atoms with Crippen molar-refractivity contribution in [3.63, 3.8) is 0 Å². The molecule has 1 unspecified atom stereocenters. The molecule has 148 valence electrons. The third-order valence-electron chi connectivity index (χ3n) is 5.05. The van der Waals surface area contributed by atoms with Gasteiger partial charge in [-0.05, 0) is 56.0 Å². The number of hydrogen-bond acceptors (Lipinski definition) is 5. The number of carbonyl (C=O) groups excluding carboxylic acids is 1. The second-order valence-corrected chi connectivity index (χ2v) is 9.60. The van der Waals surface area contributed by atoms with Gasteiger partial charge in [0.2, 0.25) is 0 Å². The minimum Gasteiger partial charge on any atom is -0.458 e. The fourth-order valence-corrected chi connectivity index (χ4v) is 5.30. The van der Waals surface area contributed by atoms with E-state index in [0.717, 1.165) is 30.6 Å². The van der Waals surface area contributed by atoms with Crippen LogP contribution in [0.1, 0.15) is 49.4 Å². The number of benzene rings is 1. The largest absolute Gasteiger partial charge is 0.458 e. The summed E-state index contributed by atoms with van der Waals surface area (Å²) in [6.07, 6.45) is 5.71. The van der Waals surface area contributed by atoms with Crippen LogP contribution in [0.4, 0.5) is 5.69 Å². The Morgan fingerprint density at radius 3 is 2.57 bits per heavy atom. The van der Waals surface area contributed by atoms with Crippen LogP contribution in [0.3, 0.4) is 0 Å². The number of esters is 1. The smallest absolute Gasteiger partial charge is 0.354 e. The molecule has 0 bridgehead atoms. The SMILES string of the molecule is O=C(OC1CCCCC1)C1=NN(c2ccc(Cl)cc2Cl)C(c2ccc(Cl)s2)C1. The van der Waals surface area contributed by atoms with Crippen LogP contribution < -0.4 is 5.01 Å². The lowest BCUT2D eigenvalue weighted by Crippen LogP contribution is -2.25. The highest BCUT2D eigenvalue weighted by molar-refractivity contribution is 7.16. The molecule has 1 aromatic heterocycles. The molecule has 1 atom stereocenters. The number of halogens is 3. The first-order valence-electron chi connectivity index (χ1n) is 9.29. The molecule has 1 fully saturated rings. The second-order valence-electron chi connectivity index (χ2n) is 7.01. The summed E-state index contributed by atoms with van der Waals surface area (Å²) in [5.74, 6) is -0.341. The zero-order chi connectivity index (χ0) is 19.7. The Balaban J connectivity index is 1.61. The van der Waals surface area contributed by atoms with Gasteiger partial charge >= 0.3 is 5.97 Å². The molecule has 2 aliphatic rings. The van der Waals surface area contributed by atoms with Crippen molar-refractivity contribution in [2.75, 3.05) is 5.01 Å². The normalized spacial score (nSPS) is 20.3. The van der Waals surface area contributed by atoms with E-state index in [0.29, 0.717) is 32.2 Å². The summed E-state index contributed by atoms with van der Waals surface area (Å²) in [5.41, 5.74) is 1.10. The average molecular weight is 458 g/mol. The average Bonchev–Trinajstić information content (AvgIpc) is 3.29. The number of thiophene rings is 1. The van der Waals surface area contributed by atoms with Crippen LogP contribution >= 0.6 is 46.1 Å². The summed E-state index contributed by atoms with van der Waals surface area (Å²) in [6.45, 7) is 0. The molecule has 2 aromatic rings. The van der Waals surface area contributed by atoms with Gasteiger partial charge in [-0.2, -0.15) is 5.10 Å². The van der Waals surface area contributed by atoms with Crippen molar-refractivity contribution >= 4 is 63.5 Å². The molecule has 0 N–H and O–H groups in total. The summed E-state index contributed by atoms with van der Waals surface area (Å²) in [6, 6.07) is 8.89. The van der Waals surface area contributed by atoms with E-state index < -0.39 is 0 Å². The molecule has 0 radical (unpaired) electrons. The minimum atomic E-state index is -0.341. The van der Waals surface area contributed by atoms with Crippen LogP contribution in [0, 0.1) is 0 Å². The first-order chi connectivity index (χ1) is 13.5. The van der Waals surface area contributed by atoms with Gasteiger partial charge in [-0.3, -0.25) is 5.01 Å². The maximum atomic E-state index is 12.8. The molecule has 0 saturated heterocycles. The Hall–Kier alpha value is -1.27. The predicted molar refractivity (Wildman–Crippen MR) is 116 cm³/mol. The Bertz CT molecular complexity index is 909. The number of rotatable bonds is 4. The van der Waals surface area contributed by atoms with Crippen molar-refractivity contribution < 1.29 is 9.53 Å². The Labute approximate surface area is 183 Å². The zero-order valence-electron chi connectivity index (χ0n) is 15.0. The molecule has 1 aromatic carbocycles. The lowest BCUT2D eigenvalue weighted by molar-refractivity contribution is -0.142. The Morgan fingerprint density at radius 1 is 1.11 bits per heavy atom. The number of hydrazone groups is 1. The molecule has 1 saturated carbocycles. The van der Waals surface area contributed by atoms with Gasteiger partial charge in [0.15, 0.2) is 0 Å². The number of carbonyl (C=O) groups is 1. The lowest BCUT2D eigenvalue weighted by atomic mass is 9.98. The van der Waals surface area contributed by atoms with Crippen LogP contribution in [0.15, 0.2) is 35.4 Å². The summed E-state index contributed by atoms with van der Waals surface area (Å²) in [7, 11) is 0. The molecule has 8 heteroatoms. The van der Waals surface area contributed by atoms with Gasteiger partial charge in [0, 0.05) is 16.3 Å². The number of ether oxygens (including phenoxy) is 1. The van der Waals surface area contributed by atoms with Gasteiger partial charge in [0.05, 0.1) is 21.1 Å². The van der Waals surface area contributed by atoms with E-state index in [2.05, 4.69) is 5.10 Å². The molecule has 4 nitrogen and oxygen atoms in total. The van der Waals surface area contributed by atoms with Crippen LogP contribution in [0.5, 0.6) is 0 Å². The summed E-state index contributed by atoms with van der Waals surface area (Å²) < 4.78 is 6.42. The lowest BCUT2D eigenvalue weighted by Gasteiger charge is -2.23. The second kappa shape index (κ2) is 8.62. The predicted octanol–water partition coefficient (Wildman–Crippen LogP) is 6.89. The number of hydrogen-bond donors (Lipinski definition) is 0. The van der Waals surface area contributed by atoms with Gasteiger partial charge in [0.25, 0.3) is 0 Å². The van der Waals surface area contributed by atoms with E-state index in [1.165, 1.54) is 17.8 Å². The molecule has 2 heterocycles. The van der Waals surface area contributed by atoms with Crippen molar-refractivity contribution in [1.82, 2.24) is 0 Å². The zero-order valence-corrected chi connectivity index (χ0v) is 18.1. The molecule has 4 rings (SSSR count). The number of nitrogens with zero attached hydrogens (tertiary/aromatic N) is 2. The fourth-order valence-electron chi connectivity index (χ4n) is 3.65. The number of anilines is 1. The first-order valence-corrected chi connectivity index (χ1v) is 11.2. The third kappa shape index (κ3) is 4.33. The molecule has 1 aliphatic heterocycles. The van der Waals surface area contributed by atoms with Gasteiger partial charge in [-0.1, -0.05) is 41.2 Å². The molecule has 0 amide bonds. The third-order valence-corrected chi connectivity index (χ3v) is 6.92. The van der Waals surface area contributed by atoms with Gasteiger partial charge in [-0.15, -0.1) is 11.3 Å². The molecular formula is C20H19Cl3N2O2S. The van der Waals surface area contributed by atoms with Crippen LogP contribution in [0.2, 0.25) is 14.4 Å². The van der Waals surface area contributed by atoms with E-state index in [9.17, 15) is 4.79 Å². The molecule has 28 heavy (non-hydrogen) atoms. The van der Waals surface area contributed by atoms with Crippen molar-refractivity contribution in [2.24, 2.45) is 5.10 Å².